The highest BCUT2D eigenvalue weighted by Crippen LogP contribution is 2.21. The topological polar surface area (TPSA) is 108 Å². The number of rotatable bonds is 8. The van der Waals surface area contributed by atoms with Gasteiger partial charge in [-0.15, -0.1) is 11.6 Å². The lowest BCUT2D eigenvalue weighted by atomic mass is 10.0. The van der Waals surface area contributed by atoms with Gasteiger partial charge in [-0.05, 0) is 44.9 Å². The Balaban J connectivity index is 2.46. The molecule has 0 aliphatic heterocycles. The summed E-state index contributed by atoms with van der Waals surface area (Å²) in [6, 6.07) is 6.50. The van der Waals surface area contributed by atoms with E-state index in [4.69, 9.17) is 16.3 Å². The van der Waals surface area contributed by atoms with E-state index in [-0.39, 0.29) is 31.2 Å². The van der Waals surface area contributed by atoms with E-state index in [9.17, 15) is 19.8 Å². The zero-order valence-corrected chi connectivity index (χ0v) is 16.0. The van der Waals surface area contributed by atoms with E-state index in [1.165, 1.54) is 0 Å². The maximum Gasteiger partial charge on any atom is 0.407 e. The molecule has 146 valence electrons. The summed E-state index contributed by atoms with van der Waals surface area (Å²) in [7, 11) is 0. The number of carbonyl (C=O) groups is 2. The van der Waals surface area contributed by atoms with E-state index in [1.54, 1.807) is 45.0 Å². The first-order chi connectivity index (χ1) is 12.1. The monoisotopic (exact) mass is 386 g/mol. The fraction of sp³-hybridized carbons (Fsp3) is 0.556. The van der Waals surface area contributed by atoms with Crippen LogP contribution in [0.1, 0.15) is 45.3 Å². The highest BCUT2D eigenvalue weighted by atomic mass is 35.5. The SMILES string of the molecule is CC(C)(C)OC(=O)NCCC(O)C(O)c1ccc(NC(=O)CCCl)cc1. The number of nitrogens with one attached hydrogen (secondary N) is 2. The predicted octanol–water partition coefficient (Wildman–Crippen LogP) is 2.56. The summed E-state index contributed by atoms with van der Waals surface area (Å²) in [5.74, 6) is 0.0492. The number of benzene rings is 1. The van der Waals surface area contributed by atoms with Crippen molar-refractivity contribution in [2.75, 3.05) is 17.7 Å². The average molecular weight is 387 g/mol. The van der Waals surface area contributed by atoms with Gasteiger partial charge in [-0.2, -0.15) is 0 Å². The average Bonchev–Trinajstić information content (AvgIpc) is 2.53. The maximum atomic E-state index is 11.5. The van der Waals surface area contributed by atoms with Crippen molar-refractivity contribution in [2.45, 2.75) is 51.4 Å². The van der Waals surface area contributed by atoms with Crippen molar-refractivity contribution < 1.29 is 24.5 Å². The van der Waals surface area contributed by atoms with Crippen molar-refractivity contribution in [3.8, 4) is 0 Å². The third-order valence-electron chi connectivity index (χ3n) is 3.33. The van der Waals surface area contributed by atoms with Crippen LogP contribution in [0, 0.1) is 0 Å². The van der Waals surface area contributed by atoms with Gasteiger partial charge in [0, 0.05) is 24.5 Å². The van der Waals surface area contributed by atoms with Crippen LogP contribution in [0.25, 0.3) is 0 Å². The Kier molecular flexibility index (Phi) is 8.84. The summed E-state index contributed by atoms with van der Waals surface area (Å²) < 4.78 is 5.09. The van der Waals surface area contributed by atoms with E-state index in [0.717, 1.165) is 0 Å². The molecule has 0 heterocycles. The van der Waals surface area contributed by atoms with Crippen LogP contribution in [0.2, 0.25) is 0 Å². The minimum atomic E-state index is -1.11. The molecule has 1 aromatic carbocycles. The van der Waals surface area contributed by atoms with Crippen LogP contribution in [0.5, 0.6) is 0 Å². The van der Waals surface area contributed by atoms with Gasteiger partial charge in [0.05, 0.1) is 6.10 Å². The molecule has 0 saturated carbocycles. The van der Waals surface area contributed by atoms with E-state index < -0.39 is 23.9 Å². The van der Waals surface area contributed by atoms with Crippen molar-refractivity contribution in [2.24, 2.45) is 0 Å². The van der Waals surface area contributed by atoms with Crippen LogP contribution in [-0.2, 0) is 9.53 Å². The Morgan fingerprint density at radius 3 is 2.35 bits per heavy atom. The fourth-order valence-corrected chi connectivity index (χ4v) is 2.26. The van der Waals surface area contributed by atoms with Crippen LogP contribution < -0.4 is 10.6 Å². The van der Waals surface area contributed by atoms with Gasteiger partial charge in [0.25, 0.3) is 0 Å². The van der Waals surface area contributed by atoms with Gasteiger partial charge < -0.3 is 25.6 Å². The lowest BCUT2D eigenvalue weighted by Gasteiger charge is -2.21. The van der Waals surface area contributed by atoms with Gasteiger partial charge in [-0.1, -0.05) is 12.1 Å². The smallest absolute Gasteiger partial charge is 0.407 e. The Hall–Kier alpha value is -1.83. The maximum absolute atomic E-state index is 11.5. The quantitative estimate of drug-likeness (QED) is 0.513. The molecule has 1 aromatic rings. The molecule has 0 radical (unpaired) electrons. The molecule has 1 rings (SSSR count). The summed E-state index contributed by atoms with van der Waals surface area (Å²) in [5, 5.41) is 25.5. The van der Waals surface area contributed by atoms with Crippen LogP contribution in [0.3, 0.4) is 0 Å². The Labute approximate surface area is 158 Å². The second-order valence-corrected chi connectivity index (χ2v) is 7.22. The minimum Gasteiger partial charge on any atom is -0.444 e. The predicted molar refractivity (Wildman–Crippen MR) is 100 cm³/mol. The molecule has 0 saturated heterocycles. The molecule has 8 heteroatoms. The molecule has 0 aliphatic rings. The van der Waals surface area contributed by atoms with Crippen LogP contribution in [0.15, 0.2) is 24.3 Å². The lowest BCUT2D eigenvalue weighted by Crippen LogP contribution is -2.34. The van der Waals surface area contributed by atoms with Crippen molar-refractivity contribution in [3.05, 3.63) is 29.8 Å². The van der Waals surface area contributed by atoms with Crippen LogP contribution in [0.4, 0.5) is 10.5 Å². The normalized spacial score (nSPS) is 13.6. The first-order valence-electron chi connectivity index (χ1n) is 8.41. The summed E-state index contributed by atoms with van der Waals surface area (Å²) in [5.41, 5.74) is 0.491. The molecule has 0 aromatic heterocycles. The van der Waals surface area contributed by atoms with Crippen molar-refractivity contribution in [1.82, 2.24) is 5.32 Å². The molecule has 0 aliphatic carbocycles. The summed E-state index contributed by atoms with van der Waals surface area (Å²) in [6.45, 7) is 5.44. The first-order valence-corrected chi connectivity index (χ1v) is 8.94. The zero-order valence-electron chi connectivity index (χ0n) is 15.3. The van der Waals surface area contributed by atoms with E-state index in [2.05, 4.69) is 10.6 Å². The minimum absolute atomic E-state index is 0.161. The number of hydrogen-bond donors (Lipinski definition) is 4. The molecule has 0 spiro atoms. The second kappa shape index (κ2) is 10.4. The molecule has 2 atom stereocenters. The van der Waals surface area contributed by atoms with E-state index in [1.807, 2.05) is 0 Å². The van der Waals surface area contributed by atoms with E-state index >= 15 is 0 Å². The highest BCUT2D eigenvalue weighted by Gasteiger charge is 2.20. The van der Waals surface area contributed by atoms with Gasteiger partial charge in [-0.25, -0.2) is 4.79 Å². The third-order valence-corrected chi connectivity index (χ3v) is 3.52. The van der Waals surface area contributed by atoms with Crippen molar-refractivity contribution >= 4 is 29.3 Å². The van der Waals surface area contributed by atoms with Gasteiger partial charge in [0.1, 0.15) is 11.7 Å². The molecule has 2 unspecified atom stereocenters. The number of anilines is 1. The van der Waals surface area contributed by atoms with Crippen molar-refractivity contribution in [3.63, 3.8) is 0 Å². The second-order valence-electron chi connectivity index (χ2n) is 6.84. The number of aliphatic hydroxyl groups is 2. The number of ether oxygens (including phenoxy) is 1. The van der Waals surface area contributed by atoms with Gasteiger partial charge in [0.15, 0.2) is 0 Å². The molecular weight excluding hydrogens is 360 g/mol. The van der Waals surface area contributed by atoms with Crippen LogP contribution in [-0.4, -0.2) is 46.3 Å². The standard InChI is InChI=1S/C18H27ClN2O5/c1-18(2,3)26-17(25)20-11-9-14(22)16(24)12-4-6-13(7-5-12)21-15(23)8-10-19/h4-7,14,16,22,24H,8-11H2,1-3H3,(H,20,25)(H,21,23). The Morgan fingerprint density at radius 1 is 1.19 bits per heavy atom. The van der Waals surface area contributed by atoms with Gasteiger partial charge in [-0.3, -0.25) is 4.79 Å². The Morgan fingerprint density at radius 2 is 1.81 bits per heavy atom. The number of halogens is 1. The summed E-state index contributed by atoms with van der Waals surface area (Å²) >= 11 is 5.50. The number of hydrogen-bond acceptors (Lipinski definition) is 5. The zero-order chi connectivity index (χ0) is 19.7. The molecular formula is C18H27ClN2O5. The Bertz CT molecular complexity index is 586. The number of alkyl halides is 1. The molecule has 4 N–H and O–H groups in total. The fourth-order valence-electron chi connectivity index (χ4n) is 2.09. The number of aliphatic hydroxyl groups excluding tert-OH is 2. The highest BCUT2D eigenvalue weighted by molar-refractivity contribution is 6.19. The van der Waals surface area contributed by atoms with Crippen molar-refractivity contribution in [1.29, 1.82) is 0 Å². The van der Waals surface area contributed by atoms with E-state index in [0.29, 0.717) is 11.3 Å². The number of alkyl carbamates (subject to hydrolysis) is 1. The third kappa shape index (κ3) is 8.51. The summed E-state index contributed by atoms with van der Waals surface area (Å²) in [4.78, 5) is 23.0. The lowest BCUT2D eigenvalue weighted by molar-refractivity contribution is -0.115. The molecule has 26 heavy (non-hydrogen) atoms. The largest absolute Gasteiger partial charge is 0.444 e. The summed E-state index contributed by atoms with van der Waals surface area (Å²) in [6.07, 6.45) is -2.36. The molecule has 0 bridgehead atoms. The van der Waals surface area contributed by atoms with Crippen LogP contribution >= 0.6 is 11.6 Å². The number of carbonyl (C=O) groups excluding carboxylic acids is 2. The van der Waals surface area contributed by atoms with Gasteiger partial charge in [0.2, 0.25) is 5.91 Å². The first kappa shape index (κ1) is 22.2. The molecule has 2 amide bonds. The number of amides is 2. The molecule has 0 fully saturated rings. The van der Waals surface area contributed by atoms with Gasteiger partial charge >= 0.3 is 6.09 Å². The molecule has 7 nitrogen and oxygen atoms in total.